The van der Waals surface area contributed by atoms with E-state index in [9.17, 15) is 0 Å². The van der Waals surface area contributed by atoms with Gasteiger partial charge in [0.15, 0.2) is 0 Å². The quantitative estimate of drug-likeness (QED) is 0.888. The standard InChI is InChI=1S/C16H18ClNO/c1-12(19-15-10-8-14(17)9-11-15)16(18-2)13-6-4-3-5-7-13/h3-12,16,18H,1-2H3. The van der Waals surface area contributed by atoms with Crippen LogP contribution < -0.4 is 10.1 Å². The molecule has 2 rings (SSSR count). The number of nitrogens with one attached hydrogen (secondary N) is 1. The molecular weight excluding hydrogens is 258 g/mol. The van der Waals surface area contributed by atoms with Crippen molar-refractivity contribution < 1.29 is 4.74 Å². The van der Waals surface area contributed by atoms with E-state index >= 15 is 0 Å². The van der Waals surface area contributed by atoms with Gasteiger partial charge in [-0.1, -0.05) is 41.9 Å². The van der Waals surface area contributed by atoms with E-state index < -0.39 is 0 Å². The third-order valence-electron chi connectivity index (χ3n) is 3.07. The Balaban J connectivity index is 2.09. The van der Waals surface area contributed by atoms with Gasteiger partial charge in [-0.05, 0) is 43.8 Å². The fourth-order valence-electron chi connectivity index (χ4n) is 2.13. The predicted molar refractivity (Wildman–Crippen MR) is 79.8 cm³/mol. The minimum atomic E-state index is 0.0218. The lowest BCUT2D eigenvalue weighted by atomic mass is 10.0. The van der Waals surface area contributed by atoms with Gasteiger partial charge in [0.25, 0.3) is 0 Å². The Labute approximate surface area is 119 Å². The van der Waals surface area contributed by atoms with Crippen molar-refractivity contribution in [3.05, 3.63) is 65.2 Å². The number of ether oxygens (including phenoxy) is 1. The van der Waals surface area contributed by atoms with Crippen LogP contribution in [0.5, 0.6) is 5.75 Å². The zero-order chi connectivity index (χ0) is 13.7. The molecule has 0 spiro atoms. The molecule has 0 bridgehead atoms. The Kier molecular flexibility index (Phi) is 4.83. The van der Waals surface area contributed by atoms with Gasteiger partial charge in [-0.3, -0.25) is 0 Å². The van der Waals surface area contributed by atoms with Crippen LogP contribution in [0, 0.1) is 0 Å². The van der Waals surface area contributed by atoms with Gasteiger partial charge in [-0.15, -0.1) is 0 Å². The zero-order valence-corrected chi connectivity index (χ0v) is 11.9. The van der Waals surface area contributed by atoms with Crippen molar-refractivity contribution in [2.24, 2.45) is 0 Å². The Hall–Kier alpha value is -1.51. The number of halogens is 1. The number of hydrogen-bond acceptors (Lipinski definition) is 2. The van der Waals surface area contributed by atoms with Crippen LogP contribution in [0.15, 0.2) is 54.6 Å². The first kappa shape index (κ1) is 13.9. The van der Waals surface area contributed by atoms with Gasteiger partial charge in [0, 0.05) is 5.02 Å². The van der Waals surface area contributed by atoms with Crippen molar-refractivity contribution in [1.29, 1.82) is 0 Å². The first-order valence-corrected chi connectivity index (χ1v) is 6.73. The normalized spacial score (nSPS) is 13.8. The molecule has 2 atom stereocenters. The lowest BCUT2D eigenvalue weighted by Crippen LogP contribution is -2.31. The highest BCUT2D eigenvalue weighted by Gasteiger charge is 2.18. The molecule has 0 heterocycles. The lowest BCUT2D eigenvalue weighted by molar-refractivity contribution is 0.175. The van der Waals surface area contributed by atoms with E-state index in [1.807, 2.05) is 49.5 Å². The fraction of sp³-hybridized carbons (Fsp3) is 0.250. The van der Waals surface area contributed by atoms with Crippen molar-refractivity contribution >= 4 is 11.6 Å². The van der Waals surface area contributed by atoms with Gasteiger partial charge in [0.05, 0.1) is 6.04 Å². The van der Waals surface area contributed by atoms with Crippen molar-refractivity contribution in [1.82, 2.24) is 5.32 Å². The molecule has 0 aliphatic rings. The summed E-state index contributed by atoms with van der Waals surface area (Å²) < 4.78 is 5.96. The monoisotopic (exact) mass is 275 g/mol. The van der Waals surface area contributed by atoms with Gasteiger partial charge in [0.1, 0.15) is 11.9 Å². The van der Waals surface area contributed by atoms with E-state index in [1.54, 1.807) is 0 Å². The maximum atomic E-state index is 5.96. The molecule has 2 aromatic carbocycles. The highest BCUT2D eigenvalue weighted by Crippen LogP contribution is 2.22. The summed E-state index contributed by atoms with van der Waals surface area (Å²) >= 11 is 5.87. The summed E-state index contributed by atoms with van der Waals surface area (Å²) in [4.78, 5) is 0. The van der Waals surface area contributed by atoms with Crippen molar-refractivity contribution in [3.8, 4) is 5.75 Å². The van der Waals surface area contributed by atoms with Gasteiger partial charge >= 0.3 is 0 Å². The van der Waals surface area contributed by atoms with Crippen LogP contribution in [0.2, 0.25) is 5.02 Å². The predicted octanol–water partition coefficient (Wildman–Crippen LogP) is 4.07. The Morgan fingerprint density at radius 2 is 1.63 bits per heavy atom. The maximum absolute atomic E-state index is 5.96. The molecule has 19 heavy (non-hydrogen) atoms. The second kappa shape index (κ2) is 6.60. The molecule has 3 heteroatoms. The summed E-state index contributed by atoms with van der Waals surface area (Å²) in [5, 5.41) is 4.01. The molecule has 1 N–H and O–H groups in total. The third-order valence-corrected chi connectivity index (χ3v) is 3.33. The second-order valence-electron chi connectivity index (χ2n) is 4.45. The summed E-state index contributed by atoms with van der Waals surface area (Å²) in [6, 6.07) is 17.9. The summed E-state index contributed by atoms with van der Waals surface area (Å²) in [5.74, 6) is 0.827. The van der Waals surface area contributed by atoms with Crippen molar-refractivity contribution in [2.45, 2.75) is 19.1 Å². The molecular formula is C16H18ClNO. The highest BCUT2D eigenvalue weighted by molar-refractivity contribution is 6.30. The second-order valence-corrected chi connectivity index (χ2v) is 4.89. The molecule has 100 valence electrons. The average Bonchev–Trinajstić information content (AvgIpc) is 2.43. The smallest absolute Gasteiger partial charge is 0.119 e. The SMILES string of the molecule is CNC(c1ccccc1)C(C)Oc1ccc(Cl)cc1. The van der Waals surface area contributed by atoms with Crippen LogP contribution in [-0.2, 0) is 0 Å². The minimum absolute atomic E-state index is 0.0218. The van der Waals surface area contributed by atoms with Crippen LogP contribution in [0.25, 0.3) is 0 Å². The fourth-order valence-corrected chi connectivity index (χ4v) is 2.25. The zero-order valence-electron chi connectivity index (χ0n) is 11.1. The molecule has 0 fully saturated rings. The lowest BCUT2D eigenvalue weighted by Gasteiger charge is -2.25. The highest BCUT2D eigenvalue weighted by atomic mass is 35.5. The van der Waals surface area contributed by atoms with E-state index in [2.05, 4.69) is 24.4 Å². The van der Waals surface area contributed by atoms with E-state index in [4.69, 9.17) is 16.3 Å². The van der Waals surface area contributed by atoms with Crippen molar-refractivity contribution in [3.63, 3.8) is 0 Å². The van der Waals surface area contributed by atoms with E-state index in [0.29, 0.717) is 5.02 Å². The van der Waals surface area contributed by atoms with E-state index in [-0.39, 0.29) is 12.1 Å². The number of benzene rings is 2. The largest absolute Gasteiger partial charge is 0.489 e. The van der Waals surface area contributed by atoms with Crippen molar-refractivity contribution in [2.75, 3.05) is 7.05 Å². The van der Waals surface area contributed by atoms with Crippen LogP contribution >= 0.6 is 11.6 Å². The van der Waals surface area contributed by atoms with E-state index in [0.717, 1.165) is 5.75 Å². The molecule has 0 aromatic heterocycles. The Morgan fingerprint density at radius 1 is 1.00 bits per heavy atom. The van der Waals surface area contributed by atoms with Gasteiger partial charge in [-0.25, -0.2) is 0 Å². The maximum Gasteiger partial charge on any atom is 0.119 e. The first-order valence-electron chi connectivity index (χ1n) is 6.35. The van der Waals surface area contributed by atoms with Gasteiger partial charge in [0.2, 0.25) is 0 Å². The summed E-state index contributed by atoms with van der Waals surface area (Å²) in [7, 11) is 1.94. The number of hydrogen-bond donors (Lipinski definition) is 1. The van der Waals surface area contributed by atoms with Crippen LogP contribution in [0.1, 0.15) is 18.5 Å². The molecule has 0 saturated carbocycles. The summed E-state index contributed by atoms with van der Waals surface area (Å²) in [6.45, 7) is 2.06. The van der Waals surface area contributed by atoms with Crippen LogP contribution in [0.4, 0.5) is 0 Å². The molecule has 0 radical (unpaired) electrons. The summed E-state index contributed by atoms with van der Waals surface area (Å²) in [5.41, 5.74) is 1.21. The molecule has 2 aromatic rings. The van der Waals surface area contributed by atoms with Crippen LogP contribution in [-0.4, -0.2) is 13.2 Å². The number of rotatable bonds is 5. The van der Waals surface area contributed by atoms with Gasteiger partial charge < -0.3 is 10.1 Å². The molecule has 2 unspecified atom stereocenters. The third kappa shape index (κ3) is 3.72. The average molecular weight is 276 g/mol. The minimum Gasteiger partial charge on any atom is -0.489 e. The molecule has 0 saturated heterocycles. The topological polar surface area (TPSA) is 21.3 Å². The first-order chi connectivity index (χ1) is 9.20. The molecule has 0 aliphatic carbocycles. The van der Waals surface area contributed by atoms with Gasteiger partial charge in [-0.2, -0.15) is 0 Å². The summed E-state index contributed by atoms with van der Waals surface area (Å²) in [6.07, 6.45) is 0.0218. The number of likely N-dealkylation sites (N-methyl/N-ethyl adjacent to an activating group) is 1. The molecule has 0 amide bonds. The van der Waals surface area contributed by atoms with E-state index in [1.165, 1.54) is 5.56 Å². The molecule has 2 nitrogen and oxygen atoms in total. The molecule has 0 aliphatic heterocycles. The van der Waals surface area contributed by atoms with Crippen LogP contribution in [0.3, 0.4) is 0 Å². The Bertz CT molecular complexity index is 498. The Morgan fingerprint density at radius 3 is 2.21 bits per heavy atom.